The fourth-order valence-electron chi connectivity index (χ4n) is 4.23. The summed E-state index contributed by atoms with van der Waals surface area (Å²) in [5.74, 6) is -0.476. The van der Waals surface area contributed by atoms with E-state index >= 15 is 0 Å². The Morgan fingerprint density at radius 3 is 2.47 bits per heavy atom. The third-order valence-electron chi connectivity index (χ3n) is 5.97. The Labute approximate surface area is 198 Å². The number of benzene rings is 3. The summed E-state index contributed by atoms with van der Waals surface area (Å²) in [5, 5.41) is 5.18. The molecular formula is C26H24N4O3S. The zero-order chi connectivity index (χ0) is 23.5. The second-order valence-electron chi connectivity index (χ2n) is 8.16. The third-order valence-corrected chi connectivity index (χ3v) is 7.86. The van der Waals surface area contributed by atoms with E-state index in [1.54, 1.807) is 18.3 Å². The highest BCUT2D eigenvalue weighted by molar-refractivity contribution is 7.89. The molecule has 0 bridgehead atoms. The lowest BCUT2D eigenvalue weighted by Gasteiger charge is -2.15. The molecule has 2 heterocycles. The molecule has 7 nitrogen and oxygen atoms in total. The predicted octanol–water partition coefficient (Wildman–Crippen LogP) is 4.38. The first-order valence-corrected chi connectivity index (χ1v) is 12.6. The van der Waals surface area contributed by atoms with Crippen molar-refractivity contribution in [3.05, 3.63) is 90.0 Å². The molecule has 5 rings (SSSR count). The van der Waals surface area contributed by atoms with Crippen LogP contribution in [0.5, 0.6) is 0 Å². The van der Waals surface area contributed by atoms with Crippen LogP contribution in [-0.4, -0.2) is 42.9 Å². The van der Waals surface area contributed by atoms with E-state index in [0.29, 0.717) is 13.1 Å². The number of amides is 1. The van der Waals surface area contributed by atoms with Gasteiger partial charge in [-0.3, -0.25) is 4.79 Å². The summed E-state index contributed by atoms with van der Waals surface area (Å²) in [6.07, 6.45) is 3.32. The monoisotopic (exact) mass is 472 g/mol. The van der Waals surface area contributed by atoms with E-state index < -0.39 is 15.9 Å². The molecule has 2 N–H and O–H groups in total. The quantitative estimate of drug-likeness (QED) is 0.322. The van der Waals surface area contributed by atoms with Gasteiger partial charge in [-0.15, -0.1) is 0 Å². The Morgan fingerprint density at radius 2 is 1.68 bits per heavy atom. The lowest BCUT2D eigenvalue weighted by molar-refractivity contribution is 0.0955. The van der Waals surface area contributed by atoms with Crippen molar-refractivity contribution in [3.63, 3.8) is 0 Å². The Hall–Kier alpha value is -3.75. The number of hydrazone groups is 1. The van der Waals surface area contributed by atoms with E-state index in [0.717, 1.165) is 40.6 Å². The molecule has 4 aromatic rings. The van der Waals surface area contributed by atoms with E-state index in [1.807, 2.05) is 54.6 Å². The van der Waals surface area contributed by atoms with E-state index in [1.165, 1.54) is 16.4 Å². The number of hydrogen-bond donors (Lipinski definition) is 2. The summed E-state index contributed by atoms with van der Waals surface area (Å²) < 4.78 is 27.1. The van der Waals surface area contributed by atoms with Crippen LogP contribution >= 0.6 is 0 Å². The molecule has 0 atom stereocenters. The van der Waals surface area contributed by atoms with E-state index in [-0.39, 0.29) is 10.5 Å². The molecule has 1 saturated heterocycles. The zero-order valence-corrected chi connectivity index (χ0v) is 19.3. The van der Waals surface area contributed by atoms with Crippen LogP contribution in [0.3, 0.4) is 0 Å². The van der Waals surface area contributed by atoms with Gasteiger partial charge in [0.15, 0.2) is 0 Å². The van der Waals surface area contributed by atoms with Gasteiger partial charge in [-0.05, 0) is 42.7 Å². The number of nitrogens with zero attached hydrogens (tertiary/aromatic N) is 2. The molecule has 3 aromatic carbocycles. The lowest BCUT2D eigenvalue weighted by atomic mass is 10.1. The van der Waals surface area contributed by atoms with Crippen LogP contribution in [-0.2, 0) is 10.0 Å². The number of carbonyl (C=O) groups is 1. The van der Waals surface area contributed by atoms with Crippen LogP contribution in [0.2, 0.25) is 0 Å². The average Bonchev–Trinajstić information content (AvgIpc) is 3.54. The number of hydrogen-bond acceptors (Lipinski definition) is 4. The number of aromatic nitrogens is 1. The Bertz CT molecular complexity index is 1470. The van der Waals surface area contributed by atoms with E-state index in [4.69, 9.17) is 0 Å². The highest BCUT2D eigenvalue weighted by Crippen LogP contribution is 2.29. The topological polar surface area (TPSA) is 94.6 Å². The van der Waals surface area contributed by atoms with Gasteiger partial charge in [-0.2, -0.15) is 9.41 Å². The molecule has 1 aliphatic rings. The minimum absolute atomic E-state index is 0.119. The number of sulfonamides is 1. The average molecular weight is 473 g/mol. The minimum Gasteiger partial charge on any atom is -0.354 e. The number of fused-ring (bicyclic) bond motifs is 1. The molecule has 0 saturated carbocycles. The summed E-state index contributed by atoms with van der Waals surface area (Å²) in [4.78, 5) is 16.3. The highest BCUT2D eigenvalue weighted by atomic mass is 32.2. The van der Waals surface area contributed by atoms with Gasteiger partial charge in [0.2, 0.25) is 10.0 Å². The van der Waals surface area contributed by atoms with Crippen molar-refractivity contribution in [1.82, 2.24) is 14.7 Å². The van der Waals surface area contributed by atoms with E-state index in [9.17, 15) is 13.2 Å². The first kappa shape index (κ1) is 22.1. The van der Waals surface area contributed by atoms with Crippen LogP contribution in [0.15, 0.2) is 88.9 Å². The molecule has 0 aliphatic carbocycles. The fourth-order valence-corrected chi connectivity index (χ4v) is 5.79. The molecule has 0 radical (unpaired) electrons. The maximum absolute atomic E-state index is 12.8. The fraction of sp³-hybridized carbons (Fsp3) is 0.154. The standard InChI is InChI=1S/C26H24N4O3S/c31-26(20-11-8-12-21(17-20)34(32,33)30-15-6-7-16-30)29-27-18-23-22-13-4-5-14-24(22)28-25(23)19-9-2-1-3-10-19/h1-5,8-14,17-18,28H,6-7,15-16H2,(H,29,31)/b27-18+. The second-order valence-corrected chi connectivity index (χ2v) is 10.1. The van der Waals surface area contributed by atoms with Crippen molar-refractivity contribution >= 4 is 33.0 Å². The van der Waals surface area contributed by atoms with Crippen molar-refractivity contribution in [2.75, 3.05) is 13.1 Å². The Kier molecular flexibility index (Phi) is 6.00. The van der Waals surface area contributed by atoms with Crippen molar-refractivity contribution in [2.45, 2.75) is 17.7 Å². The first-order valence-electron chi connectivity index (χ1n) is 11.1. The summed E-state index contributed by atoms with van der Waals surface area (Å²) in [7, 11) is -3.60. The molecule has 172 valence electrons. The molecule has 0 unspecified atom stereocenters. The first-order chi connectivity index (χ1) is 16.5. The van der Waals surface area contributed by atoms with Crippen molar-refractivity contribution in [2.24, 2.45) is 5.10 Å². The highest BCUT2D eigenvalue weighted by Gasteiger charge is 2.27. The number of para-hydroxylation sites is 1. The largest absolute Gasteiger partial charge is 0.354 e. The molecule has 1 fully saturated rings. The molecule has 1 aliphatic heterocycles. The number of nitrogens with one attached hydrogen (secondary N) is 2. The maximum Gasteiger partial charge on any atom is 0.271 e. The molecule has 34 heavy (non-hydrogen) atoms. The summed E-state index contributed by atoms with van der Waals surface area (Å²) in [5.41, 5.74) is 6.50. The van der Waals surface area contributed by atoms with Crippen LogP contribution < -0.4 is 5.43 Å². The van der Waals surface area contributed by atoms with Gasteiger partial charge >= 0.3 is 0 Å². The van der Waals surface area contributed by atoms with Crippen molar-refractivity contribution < 1.29 is 13.2 Å². The van der Waals surface area contributed by atoms with Gasteiger partial charge in [0.25, 0.3) is 5.91 Å². The number of carbonyl (C=O) groups excluding carboxylic acids is 1. The number of aromatic amines is 1. The van der Waals surface area contributed by atoms with Crippen molar-refractivity contribution in [1.29, 1.82) is 0 Å². The summed E-state index contributed by atoms with van der Waals surface area (Å²) >= 11 is 0. The van der Waals surface area contributed by atoms with Gasteiger partial charge in [-0.25, -0.2) is 13.8 Å². The zero-order valence-electron chi connectivity index (χ0n) is 18.4. The molecular weight excluding hydrogens is 448 g/mol. The van der Waals surface area contributed by atoms with Crippen LogP contribution in [0, 0.1) is 0 Å². The van der Waals surface area contributed by atoms with Crippen LogP contribution in [0.1, 0.15) is 28.8 Å². The Morgan fingerprint density at radius 1 is 0.941 bits per heavy atom. The second kappa shape index (κ2) is 9.24. The smallest absolute Gasteiger partial charge is 0.271 e. The van der Waals surface area contributed by atoms with Gasteiger partial charge in [-0.1, -0.05) is 54.6 Å². The normalized spacial score (nSPS) is 14.7. The van der Waals surface area contributed by atoms with Gasteiger partial charge in [0.1, 0.15) is 0 Å². The van der Waals surface area contributed by atoms with Gasteiger partial charge < -0.3 is 4.98 Å². The summed E-state index contributed by atoms with van der Waals surface area (Å²) in [6, 6.07) is 23.9. The lowest BCUT2D eigenvalue weighted by Crippen LogP contribution is -2.28. The number of rotatable bonds is 6. The van der Waals surface area contributed by atoms with Crippen LogP contribution in [0.4, 0.5) is 0 Å². The van der Waals surface area contributed by atoms with Gasteiger partial charge in [0.05, 0.1) is 16.8 Å². The SMILES string of the molecule is O=C(N/N=C/c1c(-c2ccccc2)[nH]c2ccccc12)c1cccc(S(=O)(=O)N2CCCC2)c1. The third kappa shape index (κ3) is 4.25. The molecule has 1 aromatic heterocycles. The van der Waals surface area contributed by atoms with Crippen molar-refractivity contribution in [3.8, 4) is 11.3 Å². The number of H-pyrrole nitrogens is 1. The van der Waals surface area contributed by atoms with Crippen LogP contribution in [0.25, 0.3) is 22.2 Å². The minimum atomic E-state index is -3.60. The van der Waals surface area contributed by atoms with E-state index in [2.05, 4.69) is 15.5 Å². The molecule has 1 amide bonds. The Balaban J connectivity index is 1.40. The predicted molar refractivity (Wildman–Crippen MR) is 133 cm³/mol. The summed E-state index contributed by atoms with van der Waals surface area (Å²) in [6.45, 7) is 1.02. The maximum atomic E-state index is 12.8. The molecule has 8 heteroatoms. The molecule has 0 spiro atoms. The van der Waals surface area contributed by atoms with Gasteiger partial charge in [0, 0.05) is 35.1 Å².